The zero-order valence-electron chi connectivity index (χ0n) is 34.3. The van der Waals surface area contributed by atoms with Crippen molar-refractivity contribution in [1.82, 2.24) is 0 Å². The molecule has 0 spiro atoms. The Kier molecular flexibility index (Phi) is 34.1. The van der Waals surface area contributed by atoms with Gasteiger partial charge in [0.1, 0.15) is 13.2 Å². The summed E-state index contributed by atoms with van der Waals surface area (Å²) in [4.78, 5) is 36.9. The monoisotopic (exact) mass is 757 g/mol. The van der Waals surface area contributed by atoms with Gasteiger partial charge in [0, 0.05) is 6.42 Å². The molecule has 0 aromatic carbocycles. The number of carbonyl (C=O) groups excluding carboxylic acids is 2. The molecule has 0 aromatic heterocycles. The predicted octanol–water partition coefficient (Wildman–Crippen LogP) is 10.2. The van der Waals surface area contributed by atoms with Gasteiger partial charge in [-0.1, -0.05) is 131 Å². The van der Waals surface area contributed by atoms with Gasteiger partial charge in [-0.25, -0.2) is 4.79 Å². The number of nitrogens with zero attached hydrogens (tertiary/aromatic N) is 1. The van der Waals surface area contributed by atoms with Crippen molar-refractivity contribution in [2.24, 2.45) is 0 Å². The molecule has 0 aliphatic rings. The summed E-state index contributed by atoms with van der Waals surface area (Å²) in [5.41, 5.74) is 0. The minimum atomic E-state index is -1.54. The summed E-state index contributed by atoms with van der Waals surface area (Å²) in [5.74, 6) is -2.21. The lowest BCUT2D eigenvalue weighted by Crippen LogP contribution is -2.40. The Morgan fingerprint density at radius 3 is 1.67 bits per heavy atom. The van der Waals surface area contributed by atoms with Crippen LogP contribution in [0.3, 0.4) is 0 Å². The minimum absolute atomic E-state index is 0.0201. The molecule has 0 aliphatic carbocycles. The number of esters is 2. The van der Waals surface area contributed by atoms with Crippen LogP contribution in [-0.2, 0) is 33.3 Å². The summed E-state index contributed by atoms with van der Waals surface area (Å²) in [5, 5.41) is 9.60. The van der Waals surface area contributed by atoms with Gasteiger partial charge in [-0.05, 0) is 64.2 Å². The van der Waals surface area contributed by atoms with E-state index < -0.39 is 30.3 Å². The summed E-state index contributed by atoms with van der Waals surface area (Å²) in [6.07, 6.45) is 42.4. The van der Waals surface area contributed by atoms with E-state index in [1.807, 2.05) is 33.3 Å². The molecule has 0 amide bonds. The lowest BCUT2D eigenvalue weighted by atomic mass is 10.1. The first kappa shape index (κ1) is 50.5. The van der Waals surface area contributed by atoms with Crippen LogP contribution < -0.4 is 0 Å². The highest BCUT2D eigenvalue weighted by molar-refractivity contribution is 5.72. The second-order valence-corrected chi connectivity index (χ2v) is 14.2. The van der Waals surface area contributed by atoms with Crippen molar-refractivity contribution in [3.8, 4) is 0 Å². The van der Waals surface area contributed by atoms with Crippen LogP contribution in [0.25, 0.3) is 0 Å². The maximum atomic E-state index is 12.6. The topological polar surface area (TPSA) is 108 Å². The quantitative estimate of drug-likeness (QED) is 0.0224. The molecule has 1 N–H and O–H groups in total. The molecular weight excluding hydrogens is 682 g/mol. The van der Waals surface area contributed by atoms with Crippen LogP contribution in [0, 0.1) is 0 Å². The highest BCUT2D eigenvalue weighted by Gasteiger charge is 2.24. The molecule has 0 aromatic rings. The number of ether oxygens (including phenoxy) is 4. The number of hydrogen-bond donors (Lipinski definition) is 1. The highest BCUT2D eigenvalue weighted by atomic mass is 16.7. The lowest BCUT2D eigenvalue weighted by Gasteiger charge is -2.25. The van der Waals surface area contributed by atoms with Crippen molar-refractivity contribution in [3.63, 3.8) is 0 Å². The number of carboxylic acids is 1. The van der Waals surface area contributed by atoms with E-state index in [4.69, 9.17) is 18.9 Å². The van der Waals surface area contributed by atoms with Crippen molar-refractivity contribution < 1.29 is 42.9 Å². The predicted molar refractivity (Wildman–Crippen MR) is 221 cm³/mol. The van der Waals surface area contributed by atoms with E-state index in [1.54, 1.807) is 6.08 Å². The van der Waals surface area contributed by atoms with E-state index in [2.05, 4.69) is 80.7 Å². The number of rotatable bonds is 35. The molecule has 9 nitrogen and oxygen atoms in total. The normalized spacial score (nSPS) is 13.9. The summed E-state index contributed by atoms with van der Waals surface area (Å²) in [6, 6.07) is 0. The molecular formula is C45H74NO8+. The van der Waals surface area contributed by atoms with E-state index in [0.717, 1.165) is 70.6 Å². The molecule has 2 unspecified atom stereocenters. The van der Waals surface area contributed by atoms with E-state index in [9.17, 15) is 19.5 Å². The molecule has 0 fully saturated rings. The maximum Gasteiger partial charge on any atom is 0.361 e. The molecule has 54 heavy (non-hydrogen) atoms. The number of aliphatic carboxylic acids is 1. The van der Waals surface area contributed by atoms with Gasteiger partial charge in [0.2, 0.25) is 0 Å². The lowest BCUT2D eigenvalue weighted by molar-refractivity contribution is -0.870. The van der Waals surface area contributed by atoms with Crippen LogP contribution in [0.1, 0.15) is 123 Å². The highest BCUT2D eigenvalue weighted by Crippen LogP contribution is 2.10. The third-order valence-electron chi connectivity index (χ3n) is 7.92. The van der Waals surface area contributed by atoms with Crippen LogP contribution in [0.15, 0.2) is 85.1 Å². The standard InChI is InChI=1S/C45H73NO8/c1-6-8-10-12-14-16-18-20-22-24-26-28-30-32-34-36-43(48)54-41(40-53-45(44(49)50)51-38-37-46(3,4)5)39-52-42(47)35-33-31-29-27-25-23-21-19-17-15-13-11-9-7-2/h8,10,13-16,19-22,26,28,32,34,41,45H,6-7,9,11-12,17-18,23-25,27,29-31,33,35-40H2,1-5H3/p+1/b10-8-,15-13-,16-14-,21-19-,22-20-,28-26-,34-32-. The third-order valence-corrected chi connectivity index (χ3v) is 7.92. The van der Waals surface area contributed by atoms with Gasteiger partial charge < -0.3 is 28.5 Å². The van der Waals surface area contributed by atoms with Crippen LogP contribution in [0.5, 0.6) is 0 Å². The molecule has 0 radical (unpaired) electrons. The van der Waals surface area contributed by atoms with Gasteiger partial charge in [-0.3, -0.25) is 9.59 Å². The van der Waals surface area contributed by atoms with Crippen molar-refractivity contribution in [3.05, 3.63) is 85.1 Å². The molecule has 0 saturated heterocycles. The van der Waals surface area contributed by atoms with Crippen molar-refractivity contribution >= 4 is 17.9 Å². The Bertz CT molecular complexity index is 1160. The number of allylic oxidation sites excluding steroid dienone is 13. The fourth-order valence-corrected chi connectivity index (χ4v) is 4.75. The second-order valence-electron chi connectivity index (χ2n) is 14.2. The molecule has 0 heterocycles. The zero-order chi connectivity index (χ0) is 40.0. The molecule has 0 bridgehead atoms. The van der Waals surface area contributed by atoms with Crippen LogP contribution >= 0.6 is 0 Å². The van der Waals surface area contributed by atoms with Crippen LogP contribution in [-0.4, -0.2) is 87.4 Å². The SMILES string of the molecule is CC/C=C\C/C=C\C/C=C\C/C=C\C/C=C\CC(=O)OC(COC(=O)CCCCCCC/C=C\C/C=C\CCCC)COC(OCC[N+](C)(C)C)C(=O)O. The summed E-state index contributed by atoms with van der Waals surface area (Å²) < 4.78 is 22.5. The third kappa shape index (κ3) is 36.8. The fourth-order valence-electron chi connectivity index (χ4n) is 4.75. The fraction of sp³-hybridized carbons (Fsp3) is 0.622. The van der Waals surface area contributed by atoms with E-state index in [0.29, 0.717) is 23.9 Å². The number of likely N-dealkylation sites (N-methyl/N-ethyl adjacent to an activating group) is 1. The zero-order valence-corrected chi connectivity index (χ0v) is 34.3. The number of carboxylic acid groups (broad SMARTS) is 1. The summed E-state index contributed by atoms with van der Waals surface area (Å²) in [7, 11) is 5.90. The number of carbonyl (C=O) groups is 3. The largest absolute Gasteiger partial charge is 0.477 e. The van der Waals surface area contributed by atoms with Crippen LogP contribution in [0.2, 0.25) is 0 Å². The Morgan fingerprint density at radius 1 is 0.593 bits per heavy atom. The first-order valence-corrected chi connectivity index (χ1v) is 20.3. The second kappa shape index (κ2) is 36.4. The molecule has 2 atom stereocenters. The number of hydrogen-bond acceptors (Lipinski definition) is 7. The Balaban J connectivity index is 4.70. The average molecular weight is 757 g/mol. The summed E-state index contributed by atoms with van der Waals surface area (Å²) >= 11 is 0. The van der Waals surface area contributed by atoms with Gasteiger partial charge in [0.15, 0.2) is 6.10 Å². The first-order chi connectivity index (χ1) is 26.1. The molecule has 0 rings (SSSR count). The van der Waals surface area contributed by atoms with Crippen molar-refractivity contribution in [2.75, 3.05) is 47.5 Å². The van der Waals surface area contributed by atoms with Gasteiger partial charge in [0.05, 0.1) is 40.8 Å². The minimum Gasteiger partial charge on any atom is -0.477 e. The van der Waals surface area contributed by atoms with Gasteiger partial charge in [-0.15, -0.1) is 0 Å². The molecule has 0 saturated carbocycles. The van der Waals surface area contributed by atoms with Gasteiger partial charge in [0.25, 0.3) is 6.29 Å². The van der Waals surface area contributed by atoms with E-state index >= 15 is 0 Å². The Hall–Kier alpha value is -3.53. The smallest absolute Gasteiger partial charge is 0.361 e. The van der Waals surface area contributed by atoms with Gasteiger partial charge >= 0.3 is 17.9 Å². The van der Waals surface area contributed by atoms with Gasteiger partial charge in [-0.2, -0.15) is 0 Å². The summed E-state index contributed by atoms with van der Waals surface area (Å²) in [6.45, 7) is 4.54. The Labute approximate surface area is 328 Å². The maximum absolute atomic E-state index is 12.6. The van der Waals surface area contributed by atoms with Crippen molar-refractivity contribution in [1.29, 1.82) is 0 Å². The Morgan fingerprint density at radius 2 is 1.11 bits per heavy atom. The number of unbranched alkanes of at least 4 members (excludes halogenated alkanes) is 7. The van der Waals surface area contributed by atoms with E-state index in [1.165, 1.54) is 12.8 Å². The van der Waals surface area contributed by atoms with Crippen LogP contribution in [0.4, 0.5) is 0 Å². The average Bonchev–Trinajstić information content (AvgIpc) is 3.12. The molecule has 306 valence electrons. The van der Waals surface area contributed by atoms with E-state index in [-0.39, 0.29) is 32.7 Å². The first-order valence-electron chi connectivity index (χ1n) is 20.3. The van der Waals surface area contributed by atoms with Crippen molar-refractivity contribution in [2.45, 2.75) is 135 Å². The number of quaternary nitrogens is 1. The molecule has 9 heteroatoms. The molecule has 0 aliphatic heterocycles.